The van der Waals surface area contributed by atoms with Gasteiger partial charge in [-0.2, -0.15) is 5.10 Å². The highest BCUT2D eigenvalue weighted by atomic mass is 35.5. The van der Waals surface area contributed by atoms with Crippen LogP contribution in [0.2, 0.25) is 5.02 Å². The van der Waals surface area contributed by atoms with Crippen molar-refractivity contribution >= 4 is 45.7 Å². The van der Waals surface area contributed by atoms with Gasteiger partial charge in [0.2, 0.25) is 5.13 Å². The molecule has 0 saturated heterocycles. The number of carbonyl (C=O) groups excluding carboxylic acids is 1. The lowest BCUT2D eigenvalue weighted by atomic mass is 10.1. The Hall–Kier alpha value is -2.36. The number of anilines is 1. The van der Waals surface area contributed by atoms with Gasteiger partial charge in [-0.25, -0.2) is 0 Å². The second kappa shape index (κ2) is 7.68. The third-order valence-electron chi connectivity index (χ3n) is 3.01. The summed E-state index contributed by atoms with van der Waals surface area (Å²) in [5.74, 6) is 0.336. The van der Waals surface area contributed by atoms with Crippen molar-refractivity contribution in [2.75, 3.05) is 11.1 Å². The molecule has 3 aromatic rings. The van der Waals surface area contributed by atoms with Crippen molar-refractivity contribution in [3.05, 3.63) is 47.6 Å². The summed E-state index contributed by atoms with van der Waals surface area (Å²) in [4.78, 5) is 12.3. The van der Waals surface area contributed by atoms with Crippen LogP contribution in [0.4, 0.5) is 5.13 Å². The van der Waals surface area contributed by atoms with E-state index in [2.05, 4.69) is 32.3 Å². The minimum Gasteiger partial charge on any atom is -0.507 e. The third kappa shape index (κ3) is 4.19. The Morgan fingerprint density at radius 3 is 3.08 bits per heavy atom. The van der Waals surface area contributed by atoms with E-state index >= 15 is 0 Å². The second-order valence-corrected chi connectivity index (χ2v) is 7.44. The van der Waals surface area contributed by atoms with Gasteiger partial charge < -0.3 is 5.11 Å². The van der Waals surface area contributed by atoms with Crippen LogP contribution >= 0.6 is 34.7 Å². The van der Waals surface area contributed by atoms with E-state index in [1.165, 1.54) is 35.2 Å². The van der Waals surface area contributed by atoms with Gasteiger partial charge in [-0.05, 0) is 24.3 Å². The van der Waals surface area contributed by atoms with Gasteiger partial charge in [0.1, 0.15) is 11.4 Å². The van der Waals surface area contributed by atoms with E-state index < -0.39 is 5.91 Å². The van der Waals surface area contributed by atoms with Gasteiger partial charge in [0.25, 0.3) is 5.91 Å². The van der Waals surface area contributed by atoms with E-state index in [4.69, 9.17) is 11.6 Å². The highest BCUT2D eigenvalue weighted by Gasteiger charge is 2.15. The fourth-order valence-electron chi connectivity index (χ4n) is 1.90. The van der Waals surface area contributed by atoms with E-state index in [9.17, 15) is 9.90 Å². The van der Waals surface area contributed by atoms with E-state index in [1.807, 2.05) is 0 Å². The predicted molar refractivity (Wildman–Crippen MR) is 99.5 cm³/mol. The topological polar surface area (TPSA) is 104 Å². The number of thioether (sulfide) groups is 1. The first-order chi connectivity index (χ1) is 12.1. The molecule has 0 aliphatic rings. The van der Waals surface area contributed by atoms with Crippen LogP contribution in [0.3, 0.4) is 0 Å². The average molecular weight is 394 g/mol. The number of carbonyl (C=O) groups is 1. The van der Waals surface area contributed by atoms with Crippen molar-refractivity contribution in [1.82, 2.24) is 20.4 Å². The fraction of sp³-hybridized carbons (Fsp3) is 0.0667. The Balaban J connectivity index is 1.73. The first-order valence-electron chi connectivity index (χ1n) is 6.99. The zero-order valence-electron chi connectivity index (χ0n) is 12.7. The van der Waals surface area contributed by atoms with Crippen LogP contribution in [0, 0.1) is 0 Å². The molecule has 0 bridgehead atoms. The number of benzene rings is 1. The molecule has 7 nitrogen and oxygen atoms in total. The van der Waals surface area contributed by atoms with Gasteiger partial charge in [-0.15, -0.1) is 16.8 Å². The number of phenolic OH excluding ortho intramolecular Hbond substituents is 1. The van der Waals surface area contributed by atoms with E-state index in [1.54, 1.807) is 18.2 Å². The molecule has 0 fully saturated rings. The number of phenols is 1. The quantitative estimate of drug-likeness (QED) is 0.334. The molecule has 0 radical (unpaired) electrons. The number of nitrogens with zero attached hydrogens (tertiary/aromatic N) is 3. The summed E-state index contributed by atoms with van der Waals surface area (Å²) in [5.41, 5.74) is 1.07. The van der Waals surface area contributed by atoms with Gasteiger partial charge in [0.05, 0.1) is 5.69 Å². The molecular formula is C15H12ClN5O2S2. The molecule has 128 valence electrons. The second-order valence-electron chi connectivity index (χ2n) is 4.76. The smallest absolute Gasteiger partial charge is 0.275 e. The molecule has 0 saturated carbocycles. The summed E-state index contributed by atoms with van der Waals surface area (Å²) in [6, 6.07) is 6.13. The number of amides is 1. The summed E-state index contributed by atoms with van der Waals surface area (Å²) in [6.45, 7) is 3.64. The zero-order valence-corrected chi connectivity index (χ0v) is 15.1. The molecule has 1 amide bonds. The SMILES string of the molecule is C=CCSc1nnc(NC(=O)c2cc(-c3cc(Cl)ccc3O)n[nH]2)s1. The molecule has 25 heavy (non-hydrogen) atoms. The first kappa shape index (κ1) is 17.5. The number of hydrogen-bond donors (Lipinski definition) is 3. The lowest BCUT2D eigenvalue weighted by Gasteiger charge is -2.00. The van der Waals surface area contributed by atoms with Crippen LogP contribution in [-0.2, 0) is 0 Å². The maximum atomic E-state index is 12.3. The number of rotatable bonds is 6. The Morgan fingerprint density at radius 2 is 2.28 bits per heavy atom. The van der Waals surface area contributed by atoms with Crippen LogP contribution in [-0.4, -0.2) is 37.2 Å². The molecule has 3 N–H and O–H groups in total. The van der Waals surface area contributed by atoms with Gasteiger partial charge in [0.15, 0.2) is 4.34 Å². The van der Waals surface area contributed by atoms with Crippen molar-refractivity contribution < 1.29 is 9.90 Å². The van der Waals surface area contributed by atoms with Crippen molar-refractivity contribution in [3.8, 4) is 17.0 Å². The lowest BCUT2D eigenvalue weighted by molar-refractivity contribution is 0.102. The molecule has 0 aliphatic carbocycles. The highest BCUT2D eigenvalue weighted by Crippen LogP contribution is 2.31. The molecule has 0 spiro atoms. The summed E-state index contributed by atoms with van der Waals surface area (Å²) >= 11 is 8.69. The van der Waals surface area contributed by atoms with Crippen molar-refractivity contribution in [1.29, 1.82) is 0 Å². The summed E-state index contributed by atoms with van der Waals surface area (Å²) in [6.07, 6.45) is 1.77. The minimum absolute atomic E-state index is 0.0240. The van der Waals surface area contributed by atoms with Gasteiger partial charge in [-0.1, -0.05) is 40.8 Å². The minimum atomic E-state index is -0.406. The van der Waals surface area contributed by atoms with Crippen molar-refractivity contribution in [3.63, 3.8) is 0 Å². The third-order valence-corrected chi connectivity index (χ3v) is 5.21. The Labute approximate surface area is 156 Å². The monoisotopic (exact) mass is 393 g/mol. The largest absolute Gasteiger partial charge is 0.507 e. The normalized spacial score (nSPS) is 10.6. The van der Waals surface area contributed by atoms with Crippen molar-refractivity contribution in [2.24, 2.45) is 0 Å². The van der Waals surface area contributed by atoms with Crippen LogP contribution in [0.1, 0.15) is 10.5 Å². The molecule has 2 heterocycles. The summed E-state index contributed by atoms with van der Waals surface area (Å²) < 4.78 is 0.740. The number of H-pyrrole nitrogens is 1. The molecule has 10 heteroatoms. The molecule has 1 aromatic carbocycles. The summed E-state index contributed by atoms with van der Waals surface area (Å²) in [7, 11) is 0. The van der Waals surface area contributed by atoms with E-state index in [0.29, 0.717) is 21.4 Å². The Kier molecular flexibility index (Phi) is 5.37. The first-order valence-corrected chi connectivity index (χ1v) is 9.17. The number of halogens is 1. The number of hydrogen-bond acceptors (Lipinski definition) is 7. The summed E-state index contributed by atoms with van der Waals surface area (Å²) in [5, 5.41) is 28.0. The maximum Gasteiger partial charge on any atom is 0.275 e. The lowest BCUT2D eigenvalue weighted by Crippen LogP contribution is -2.12. The Bertz CT molecular complexity index is 924. The molecule has 0 atom stereocenters. The van der Waals surface area contributed by atoms with Crippen molar-refractivity contribution in [2.45, 2.75) is 4.34 Å². The van der Waals surface area contributed by atoms with Crippen LogP contribution in [0.25, 0.3) is 11.3 Å². The zero-order chi connectivity index (χ0) is 17.8. The molecule has 2 aromatic heterocycles. The molecular weight excluding hydrogens is 382 g/mol. The number of aromatic hydroxyl groups is 1. The predicted octanol–water partition coefficient (Wildman–Crippen LogP) is 3.82. The van der Waals surface area contributed by atoms with Crippen LogP contribution in [0.15, 0.2) is 41.3 Å². The van der Waals surface area contributed by atoms with Crippen LogP contribution < -0.4 is 5.32 Å². The highest BCUT2D eigenvalue weighted by molar-refractivity contribution is 8.01. The number of aromatic amines is 1. The fourth-order valence-corrected chi connectivity index (χ4v) is 3.58. The van der Waals surface area contributed by atoms with Gasteiger partial charge >= 0.3 is 0 Å². The Morgan fingerprint density at radius 1 is 1.44 bits per heavy atom. The average Bonchev–Trinajstić information content (AvgIpc) is 3.24. The molecule has 0 unspecified atom stereocenters. The standard InChI is InChI=1S/C15H12ClN5O2S2/c1-2-5-24-15-21-20-14(25-15)17-13(23)11-7-10(18-19-11)9-6-8(16)3-4-12(9)22/h2-4,6-7,22H,1,5H2,(H,18,19)(H,17,20,23). The molecule has 3 rings (SSSR count). The van der Waals surface area contributed by atoms with Gasteiger partial charge in [-0.3, -0.25) is 15.2 Å². The number of aromatic nitrogens is 4. The number of nitrogens with one attached hydrogen (secondary N) is 2. The van der Waals surface area contributed by atoms with Gasteiger partial charge in [0, 0.05) is 16.3 Å². The molecule has 0 aliphatic heterocycles. The van der Waals surface area contributed by atoms with E-state index in [-0.39, 0.29) is 11.4 Å². The van der Waals surface area contributed by atoms with E-state index in [0.717, 1.165) is 10.1 Å². The maximum absolute atomic E-state index is 12.3. The van der Waals surface area contributed by atoms with Crippen LogP contribution in [0.5, 0.6) is 5.75 Å².